The number of aromatic nitrogens is 1. The van der Waals surface area contributed by atoms with Crippen molar-refractivity contribution in [3.05, 3.63) is 23.5 Å². The number of carbonyl (C=O) groups is 1. The van der Waals surface area contributed by atoms with Gasteiger partial charge in [-0.25, -0.2) is 0 Å². The first-order chi connectivity index (χ1) is 9.33. The fourth-order valence-corrected chi connectivity index (χ4v) is 1.70. The second-order valence-electron chi connectivity index (χ2n) is 4.45. The molecule has 4 nitrogen and oxygen atoms in total. The summed E-state index contributed by atoms with van der Waals surface area (Å²) >= 11 is 0. The number of carbonyl (C=O) groups excluding carboxylic acids is 1. The van der Waals surface area contributed by atoms with Gasteiger partial charge in [-0.2, -0.15) is 13.2 Å². The molecule has 2 N–H and O–H groups in total. The maximum Gasteiger partial charge on any atom is 0.389 e. The number of aryl methyl sites for hydroxylation is 1. The summed E-state index contributed by atoms with van der Waals surface area (Å²) in [7, 11) is 1.69. The Labute approximate surface area is 115 Å². The van der Waals surface area contributed by atoms with E-state index in [1.807, 2.05) is 0 Å². The van der Waals surface area contributed by atoms with Crippen molar-refractivity contribution in [2.45, 2.75) is 32.4 Å². The van der Waals surface area contributed by atoms with Crippen LogP contribution in [-0.2, 0) is 0 Å². The highest BCUT2D eigenvalue weighted by Crippen LogP contribution is 2.22. The molecule has 0 aromatic carbocycles. The van der Waals surface area contributed by atoms with Gasteiger partial charge >= 0.3 is 6.18 Å². The van der Waals surface area contributed by atoms with Crippen LogP contribution >= 0.6 is 0 Å². The number of unbranched alkanes of at least 4 members (excludes halogenated alkanes) is 1. The molecule has 0 spiro atoms. The second-order valence-corrected chi connectivity index (χ2v) is 4.45. The van der Waals surface area contributed by atoms with Gasteiger partial charge in [-0.05, 0) is 25.8 Å². The van der Waals surface area contributed by atoms with E-state index in [0.717, 1.165) is 5.69 Å². The van der Waals surface area contributed by atoms with Gasteiger partial charge < -0.3 is 10.6 Å². The minimum Gasteiger partial charge on any atom is -0.387 e. The van der Waals surface area contributed by atoms with Gasteiger partial charge in [0.05, 0.1) is 11.3 Å². The van der Waals surface area contributed by atoms with Crippen LogP contribution in [0.15, 0.2) is 12.3 Å². The number of nitrogens with one attached hydrogen (secondary N) is 2. The molecule has 1 heterocycles. The standard InChI is InChI=1S/C13H18F3N3O/c1-9-7-11(17-2)10(8-19-9)12(20)18-6-4-3-5-13(14,15)16/h7-8H,3-6H2,1-2H3,(H,17,19)(H,18,20). The molecule has 0 aliphatic heterocycles. The molecular formula is C13H18F3N3O. The van der Waals surface area contributed by atoms with Crippen molar-refractivity contribution in [1.29, 1.82) is 0 Å². The number of amides is 1. The third kappa shape index (κ3) is 5.46. The van der Waals surface area contributed by atoms with Gasteiger partial charge in [0.2, 0.25) is 0 Å². The topological polar surface area (TPSA) is 54.0 Å². The van der Waals surface area contributed by atoms with Gasteiger partial charge in [-0.15, -0.1) is 0 Å². The summed E-state index contributed by atoms with van der Waals surface area (Å²) < 4.78 is 35.8. The summed E-state index contributed by atoms with van der Waals surface area (Å²) in [4.78, 5) is 15.9. The summed E-state index contributed by atoms with van der Waals surface area (Å²) in [5.74, 6) is -0.339. The first-order valence-electron chi connectivity index (χ1n) is 6.33. The van der Waals surface area contributed by atoms with E-state index in [4.69, 9.17) is 0 Å². The van der Waals surface area contributed by atoms with E-state index >= 15 is 0 Å². The monoisotopic (exact) mass is 289 g/mol. The molecule has 0 fully saturated rings. The molecular weight excluding hydrogens is 271 g/mol. The van der Waals surface area contributed by atoms with E-state index in [0.29, 0.717) is 17.7 Å². The molecule has 20 heavy (non-hydrogen) atoms. The Morgan fingerprint density at radius 1 is 1.35 bits per heavy atom. The summed E-state index contributed by atoms with van der Waals surface area (Å²) in [6, 6.07) is 1.73. The average Bonchev–Trinajstić information content (AvgIpc) is 2.36. The van der Waals surface area contributed by atoms with Crippen molar-refractivity contribution in [2.24, 2.45) is 0 Å². The molecule has 1 aromatic rings. The third-order valence-corrected chi connectivity index (χ3v) is 2.73. The number of hydrogen-bond acceptors (Lipinski definition) is 3. The van der Waals surface area contributed by atoms with Gasteiger partial charge in [-0.1, -0.05) is 0 Å². The fraction of sp³-hybridized carbons (Fsp3) is 0.538. The van der Waals surface area contributed by atoms with Crippen molar-refractivity contribution < 1.29 is 18.0 Å². The number of pyridine rings is 1. The molecule has 112 valence electrons. The molecule has 0 saturated carbocycles. The van der Waals surface area contributed by atoms with Crippen LogP contribution in [0.2, 0.25) is 0 Å². The Balaban J connectivity index is 2.44. The quantitative estimate of drug-likeness (QED) is 0.792. The molecule has 0 bridgehead atoms. The maximum absolute atomic E-state index is 11.9. The molecule has 0 saturated heterocycles. The van der Waals surface area contributed by atoms with Crippen LogP contribution in [0.5, 0.6) is 0 Å². The van der Waals surface area contributed by atoms with Gasteiger partial charge in [0.1, 0.15) is 0 Å². The predicted octanol–water partition coefficient (Wildman–Crippen LogP) is 2.89. The van der Waals surface area contributed by atoms with Gasteiger partial charge in [-0.3, -0.25) is 9.78 Å². The molecule has 0 aliphatic carbocycles. The molecule has 1 amide bonds. The summed E-state index contributed by atoms with van der Waals surface area (Å²) in [5, 5.41) is 5.48. The number of halogens is 3. The second kappa shape index (κ2) is 7.12. The van der Waals surface area contributed by atoms with Gasteiger partial charge in [0.25, 0.3) is 5.91 Å². The lowest BCUT2D eigenvalue weighted by Gasteiger charge is -2.10. The smallest absolute Gasteiger partial charge is 0.387 e. The molecule has 0 atom stereocenters. The highest BCUT2D eigenvalue weighted by molar-refractivity contribution is 5.99. The lowest BCUT2D eigenvalue weighted by Crippen LogP contribution is -2.25. The van der Waals surface area contributed by atoms with Crippen molar-refractivity contribution in [1.82, 2.24) is 10.3 Å². The van der Waals surface area contributed by atoms with E-state index in [2.05, 4.69) is 15.6 Å². The normalized spacial score (nSPS) is 11.2. The van der Waals surface area contributed by atoms with E-state index in [1.54, 1.807) is 20.0 Å². The SMILES string of the molecule is CNc1cc(C)ncc1C(=O)NCCCCC(F)(F)F. The van der Waals surface area contributed by atoms with Gasteiger partial charge in [0.15, 0.2) is 0 Å². The number of rotatable bonds is 6. The Morgan fingerprint density at radius 2 is 2.05 bits per heavy atom. The van der Waals surface area contributed by atoms with Crippen LogP contribution < -0.4 is 10.6 Å². The number of anilines is 1. The average molecular weight is 289 g/mol. The van der Waals surface area contributed by atoms with Crippen molar-refractivity contribution in [3.63, 3.8) is 0 Å². The van der Waals surface area contributed by atoms with Crippen LogP contribution in [-0.4, -0.2) is 30.7 Å². The maximum atomic E-state index is 11.9. The largest absolute Gasteiger partial charge is 0.389 e. The van der Waals surface area contributed by atoms with E-state index < -0.39 is 12.6 Å². The van der Waals surface area contributed by atoms with Crippen LogP contribution in [0.25, 0.3) is 0 Å². The zero-order valence-electron chi connectivity index (χ0n) is 11.5. The molecule has 0 aliphatic rings. The highest BCUT2D eigenvalue weighted by Gasteiger charge is 2.25. The number of hydrogen-bond donors (Lipinski definition) is 2. The van der Waals surface area contributed by atoms with Crippen LogP contribution in [0.4, 0.5) is 18.9 Å². The molecule has 1 rings (SSSR count). The predicted molar refractivity (Wildman–Crippen MR) is 70.8 cm³/mol. The zero-order valence-corrected chi connectivity index (χ0v) is 11.5. The highest BCUT2D eigenvalue weighted by atomic mass is 19.4. The summed E-state index contributed by atoms with van der Waals surface area (Å²) in [6.07, 6.45) is -3.21. The first-order valence-corrected chi connectivity index (χ1v) is 6.33. The molecule has 0 radical (unpaired) electrons. The Bertz CT molecular complexity index is 461. The van der Waals surface area contributed by atoms with E-state index in [1.165, 1.54) is 6.20 Å². The van der Waals surface area contributed by atoms with Gasteiger partial charge in [0, 0.05) is 31.9 Å². The number of nitrogens with zero attached hydrogens (tertiary/aromatic N) is 1. The lowest BCUT2D eigenvalue weighted by molar-refractivity contribution is -0.135. The van der Waals surface area contributed by atoms with E-state index in [-0.39, 0.29) is 18.9 Å². The van der Waals surface area contributed by atoms with Crippen LogP contribution in [0, 0.1) is 6.92 Å². The Hall–Kier alpha value is -1.79. The third-order valence-electron chi connectivity index (χ3n) is 2.73. The zero-order chi connectivity index (χ0) is 15.2. The van der Waals surface area contributed by atoms with Crippen molar-refractivity contribution in [2.75, 3.05) is 18.9 Å². The van der Waals surface area contributed by atoms with Crippen molar-refractivity contribution >= 4 is 11.6 Å². The molecule has 0 unspecified atom stereocenters. The van der Waals surface area contributed by atoms with E-state index in [9.17, 15) is 18.0 Å². The first kappa shape index (κ1) is 16.3. The lowest BCUT2D eigenvalue weighted by atomic mass is 10.2. The Kier molecular flexibility index (Phi) is 5.79. The fourth-order valence-electron chi connectivity index (χ4n) is 1.70. The van der Waals surface area contributed by atoms with Crippen molar-refractivity contribution in [3.8, 4) is 0 Å². The Morgan fingerprint density at radius 3 is 2.65 bits per heavy atom. The summed E-state index contributed by atoms with van der Waals surface area (Å²) in [5.41, 5.74) is 1.80. The van der Waals surface area contributed by atoms with Crippen LogP contribution in [0.3, 0.4) is 0 Å². The molecule has 1 aromatic heterocycles. The summed E-state index contributed by atoms with van der Waals surface area (Å²) in [6.45, 7) is 2.02. The molecule has 7 heteroatoms. The minimum atomic E-state index is -4.13. The van der Waals surface area contributed by atoms with Crippen LogP contribution in [0.1, 0.15) is 35.3 Å². The minimum absolute atomic E-state index is 0.00874. The number of alkyl halides is 3.